The van der Waals surface area contributed by atoms with Crippen LogP contribution in [-0.4, -0.2) is 19.0 Å². The Kier molecular flexibility index (Phi) is 3.48. The van der Waals surface area contributed by atoms with E-state index in [1.807, 2.05) is 12.1 Å². The van der Waals surface area contributed by atoms with E-state index in [1.165, 1.54) is 12.1 Å². The first-order valence-electron chi connectivity index (χ1n) is 6.83. The molecule has 0 bridgehead atoms. The Hall–Kier alpha value is -2.56. The zero-order valence-corrected chi connectivity index (χ0v) is 11.7. The van der Waals surface area contributed by atoms with Crippen LogP contribution in [0.1, 0.15) is 15.9 Å². The fraction of sp³-hybridized carbons (Fsp3) is 0.188. The van der Waals surface area contributed by atoms with Crippen LogP contribution in [-0.2, 0) is 0 Å². The highest BCUT2D eigenvalue weighted by atomic mass is 19.1. The van der Waals surface area contributed by atoms with E-state index in [0.717, 1.165) is 24.5 Å². The molecule has 2 aromatic carbocycles. The number of aryl methyl sites for hydroxylation is 1. The maximum absolute atomic E-state index is 13.1. The number of benzene rings is 2. The Balaban J connectivity index is 1.82. The lowest BCUT2D eigenvalue weighted by Crippen LogP contribution is -2.21. The predicted octanol–water partition coefficient (Wildman–Crippen LogP) is 3.22. The molecule has 3 rings (SSSR count). The van der Waals surface area contributed by atoms with E-state index in [0.29, 0.717) is 16.8 Å². The second-order valence-electron chi connectivity index (χ2n) is 5.03. The number of hydrogen-bond donors (Lipinski definition) is 3. The van der Waals surface area contributed by atoms with Crippen molar-refractivity contribution < 1.29 is 9.18 Å². The molecule has 5 heteroatoms. The van der Waals surface area contributed by atoms with Gasteiger partial charge >= 0.3 is 0 Å². The molecule has 0 atom stereocenters. The summed E-state index contributed by atoms with van der Waals surface area (Å²) in [6.07, 6.45) is 0. The van der Waals surface area contributed by atoms with Gasteiger partial charge in [0.15, 0.2) is 0 Å². The van der Waals surface area contributed by atoms with E-state index in [4.69, 9.17) is 0 Å². The summed E-state index contributed by atoms with van der Waals surface area (Å²) < 4.78 is 13.1. The lowest BCUT2D eigenvalue weighted by atomic mass is 10.1. The molecule has 1 amide bonds. The minimum atomic E-state index is -0.311. The van der Waals surface area contributed by atoms with Crippen LogP contribution < -0.4 is 16.0 Å². The number of rotatable bonds is 2. The van der Waals surface area contributed by atoms with E-state index in [1.54, 1.807) is 19.1 Å². The predicted molar refractivity (Wildman–Crippen MR) is 82.5 cm³/mol. The lowest BCUT2D eigenvalue weighted by molar-refractivity contribution is 0.102. The first-order chi connectivity index (χ1) is 10.1. The van der Waals surface area contributed by atoms with E-state index in [2.05, 4.69) is 16.0 Å². The highest BCUT2D eigenvalue weighted by Gasteiger charge is 2.13. The van der Waals surface area contributed by atoms with Crippen molar-refractivity contribution in [2.24, 2.45) is 0 Å². The Morgan fingerprint density at radius 3 is 2.62 bits per heavy atom. The van der Waals surface area contributed by atoms with Gasteiger partial charge in [-0.3, -0.25) is 4.79 Å². The summed E-state index contributed by atoms with van der Waals surface area (Å²) in [6.45, 7) is 3.46. The third kappa shape index (κ3) is 2.81. The van der Waals surface area contributed by atoms with Crippen molar-refractivity contribution in [3.8, 4) is 0 Å². The fourth-order valence-corrected chi connectivity index (χ4v) is 2.34. The van der Waals surface area contributed by atoms with Gasteiger partial charge < -0.3 is 16.0 Å². The second kappa shape index (κ2) is 5.44. The second-order valence-corrected chi connectivity index (χ2v) is 5.03. The summed E-state index contributed by atoms with van der Waals surface area (Å²) in [6, 6.07) is 9.77. The van der Waals surface area contributed by atoms with Crippen LogP contribution in [0.2, 0.25) is 0 Å². The summed E-state index contributed by atoms with van der Waals surface area (Å²) in [4.78, 5) is 12.3. The van der Waals surface area contributed by atoms with Gasteiger partial charge in [0.1, 0.15) is 5.82 Å². The molecule has 21 heavy (non-hydrogen) atoms. The van der Waals surface area contributed by atoms with Gasteiger partial charge in [-0.25, -0.2) is 4.39 Å². The zero-order valence-electron chi connectivity index (χ0n) is 11.7. The Labute approximate surface area is 122 Å². The molecular formula is C16H16FN3O. The average Bonchev–Trinajstić information content (AvgIpc) is 2.49. The number of carbonyl (C=O) groups excluding carboxylic acids is 1. The van der Waals surface area contributed by atoms with Crippen LogP contribution in [0, 0.1) is 12.7 Å². The van der Waals surface area contributed by atoms with E-state index < -0.39 is 0 Å². The van der Waals surface area contributed by atoms with E-state index in [9.17, 15) is 9.18 Å². The molecule has 0 fully saturated rings. The van der Waals surface area contributed by atoms with Crippen molar-refractivity contribution in [2.75, 3.05) is 29.0 Å². The quantitative estimate of drug-likeness (QED) is 0.794. The van der Waals surface area contributed by atoms with Gasteiger partial charge in [-0.2, -0.15) is 0 Å². The summed E-state index contributed by atoms with van der Waals surface area (Å²) in [5, 5.41) is 9.31. The maximum Gasteiger partial charge on any atom is 0.255 e. The Morgan fingerprint density at radius 2 is 1.86 bits per heavy atom. The molecule has 2 aromatic rings. The molecule has 0 radical (unpaired) electrons. The van der Waals surface area contributed by atoms with Crippen molar-refractivity contribution in [1.29, 1.82) is 0 Å². The number of nitrogens with one attached hydrogen (secondary N) is 3. The molecule has 108 valence electrons. The van der Waals surface area contributed by atoms with Crippen molar-refractivity contribution in [3.05, 3.63) is 53.3 Å². The first kappa shape index (κ1) is 13.4. The van der Waals surface area contributed by atoms with Crippen LogP contribution in [0.3, 0.4) is 0 Å². The molecule has 0 saturated heterocycles. The number of anilines is 3. The third-order valence-corrected chi connectivity index (χ3v) is 3.47. The van der Waals surface area contributed by atoms with Crippen LogP contribution in [0.5, 0.6) is 0 Å². The van der Waals surface area contributed by atoms with Crippen LogP contribution in [0.25, 0.3) is 0 Å². The molecule has 0 aromatic heterocycles. The monoisotopic (exact) mass is 285 g/mol. The van der Waals surface area contributed by atoms with Gasteiger partial charge in [-0.15, -0.1) is 0 Å². The summed E-state index contributed by atoms with van der Waals surface area (Å²) in [5.74, 6) is -0.519. The molecule has 1 aliphatic rings. The van der Waals surface area contributed by atoms with Crippen molar-refractivity contribution >= 4 is 23.0 Å². The number of carbonyl (C=O) groups is 1. The molecule has 3 N–H and O–H groups in total. The normalized spacial score (nSPS) is 12.9. The number of amides is 1. The van der Waals surface area contributed by atoms with Crippen molar-refractivity contribution in [1.82, 2.24) is 0 Å². The molecular weight excluding hydrogens is 269 g/mol. The minimum absolute atomic E-state index is 0.208. The number of hydrogen-bond acceptors (Lipinski definition) is 3. The van der Waals surface area contributed by atoms with Crippen molar-refractivity contribution in [2.45, 2.75) is 6.92 Å². The highest BCUT2D eigenvalue weighted by molar-refractivity contribution is 6.05. The highest BCUT2D eigenvalue weighted by Crippen LogP contribution is 2.26. The number of fused-ring (bicyclic) bond motifs is 1. The van der Waals surface area contributed by atoms with Gasteiger partial charge in [0.05, 0.1) is 11.4 Å². The lowest BCUT2D eigenvalue weighted by Gasteiger charge is -2.20. The molecule has 0 spiro atoms. The molecule has 0 saturated carbocycles. The number of halogens is 1. The third-order valence-electron chi connectivity index (χ3n) is 3.47. The maximum atomic E-state index is 13.1. The van der Waals surface area contributed by atoms with Gasteiger partial charge in [0, 0.05) is 24.3 Å². The van der Waals surface area contributed by atoms with E-state index >= 15 is 0 Å². The Bertz CT molecular complexity index is 700. The van der Waals surface area contributed by atoms with Gasteiger partial charge in [0.25, 0.3) is 5.91 Å². The van der Waals surface area contributed by atoms with Crippen LogP contribution >= 0.6 is 0 Å². The largest absolute Gasteiger partial charge is 0.382 e. The summed E-state index contributed by atoms with van der Waals surface area (Å²) >= 11 is 0. The SMILES string of the molecule is Cc1cc(F)ccc1NC(=O)c1ccc2c(c1)NCCN2. The van der Waals surface area contributed by atoms with E-state index in [-0.39, 0.29) is 11.7 Å². The van der Waals surface area contributed by atoms with Crippen LogP contribution in [0.4, 0.5) is 21.5 Å². The van der Waals surface area contributed by atoms with Crippen molar-refractivity contribution in [3.63, 3.8) is 0 Å². The first-order valence-corrected chi connectivity index (χ1v) is 6.83. The average molecular weight is 285 g/mol. The standard InChI is InChI=1S/C16H16FN3O/c1-10-8-12(17)3-5-13(10)20-16(21)11-2-4-14-15(9-11)19-7-6-18-14/h2-5,8-9,18-19H,6-7H2,1H3,(H,20,21). The topological polar surface area (TPSA) is 53.2 Å². The molecule has 1 heterocycles. The Morgan fingerprint density at radius 1 is 1.10 bits per heavy atom. The zero-order chi connectivity index (χ0) is 14.8. The van der Waals surface area contributed by atoms with Gasteiger partial charge in [-0.05, 0) is 48.9 Å². The summed E-state index contributed by atoms with van der Waals surface area (Å²) in [5.41, 5.74) is 3.79. The fourth-order valence-electron chi connectivity index (χ4n) is 2.34. The summed E-state index contributed by atoms with van der Waals surface area (Å²) in [7, 11) is 0. The molecule has 0 aliphatic carbocycles. The molecule has 0 unspecified atom stereocenters. The molecule has 4 nitrogen and oxygen atoms in total. The van der Waals surface area contributed by atoms with Crippen LogP contribution in [0.15, 0.2) is 36.4 Å². The van der Waals surface area contributed by atoms with Gasteiger partial charge in [-0.1, -0.05) is 0 Å². The minimum Gasteiger partial charge on any atom is -0.382 e. The smallest absolute Gasteiger partial charge is 0.255 e. The molecule has 1 aliphatic heterocycles. The van der Waals surface area contributed by atoms with Gasteiger partial charge in [0.2, 0.25) is 0 Å².